The van der Waals surface area contributed by atoms with Crippen LogP contribution in [0.15, 0.2) is 54.7 Å². The third kappa shape index (κ3) is 3.30. The Labute approximate surface area is 188 Å². The fourth-order valence-corrected chi connectivity index (χ4v) is 4.67. The number of nitrogens with zero attached hydrogens (tertiary/aromatic N) is 4. The molecule has 0 aliphatic carbocycles. The van der Waals surface area contributed by atoms with E-state index in [1.165, 1.54) is 32.8 Å². The summed E-state index contributed by atoms with van der Waals surface area (Å²) in [6.07, 6.45) is 1.90. The second kappa shape index (κ2) is 7.92. The van der Waals surface area contributed by atoms with Gasteiger partial charge >= 0.3 is 0 Å². The lowest BCUT2D eigenvalue weighted by Gasteiger charge is -2.15. The maximum atomic E-state index is 5.56. The van der Waals surface area contributed by atoms with Crippen molar-refractivity contribution < 1.29 is 4.74 Å². The van der Waals surface area contributed by atoms with Gasteiger partial charge in [-0.05, 0) is 81.4 Å². The molecule has 2 aromatic carbocycles. The third-order valence-electron chi connectivity index (χ3n) is 6.25. The van der Waals surface area contributed by atoms with Gasteiger partial charge in [0, 0.05) is 46.7 Å². The summed E-state index contributed by atoms with van der Waals surface area (Å²) < 4.78 is 8.01. The summed E-state index contributed by atoms with van der Waals surface area (Å²) in [6, 6.07) is 16.9. The molecule has 32 heavy (non-hydrogen) atoms. The largest absolute Gasteiger partial charge is 0.497 e. The molecular weight excluding hydrogens is 396 g/mol. The van der Waals surface area contributed by atoms with Crippen LogP contribution in [-0.2, 0) is 6.54 Å². The van der Waals surface area contributed by atoms with Crippen molar-refractivity contribution >= 4 is 32.6 Å². The van der Waals surface area contributed by atoms with E-state index in [1.807, 2.05) is 37.4 Å². The first kappa shape index (κ1) is 20.5. The van der Waals surface area contributed by atoms with Crippen molar-refractivity contribution in [2.24, 2.45) is 0 Å². The standard InChI is InChI=1S/C27H28N4O/c1-17-7-6-8-24(29-17)26-22-16-23-21-15-19(32-5)9-10-25(21)31(14-13-30(3)4)27(23)18(2)20(22)11-12-28-26/h6-12,15-16H,13-14H2,1-5H3. The summed E-state index contributed by atoms with van der Waals surface area (Å²) in [7, 11) is 5.95. The van der Waals surface area contributed by atoms with E-state index in [1.54, 1.807) is 7.11 Å². The Hall–Kier alpha value is -3.44. The van der Waals surface area contributed by atoms with Gasteiger partial charge < -0.3 is 14.2 Å². The van der Waals surface area contributed by atoms with Crippen LogP contribution in [0.5, 0.6) is 5.75 Å². The molecule has 0 unspecified atom stereocenters. The van der Waals surface area contributed by atoms with E-state index in [4.69, 9.17) is 14.7 Å². The summed E-state index contributed by atoms with van der Waals surface area (Å²) >= 11 is 0. The molecule has 5 aromatic rings. The number of likely N-dealkylation sites (N-methyl/N-ethyl adjacent to an activating group) is 1. The van der Waals surface area contributed by atoms with Crippen LogP contribution in [0.4, 0.5) is 0 Å². The Bertz CT molecular complexity index is 1470. The summed E-state index contributed by atoms with van der Waals surface area (Å²) in [5.41, 5.74) is 6.59. The van der Waals surface area contributed by atoms with Crippen molar-refractivity contribution in [2.45, 2.75) is 20.4 Å². The van der Waals surface area contributed by atoms with Crippen LogP contribution >= 0.6 is 0 Å². The van der Waals surface area contributed by atoms with Gasteiger partial charge in [-0.15, -0.1) is 0 Å². The number of rotatable bonds is 5. The smallest absolute Gasteiger partial charge is 0.119 e. The Balaban J connectivity index is 1.89. The molecular formula is C27H28N4O. The Morgan fingerprint density at radius 1 is 0.938 bits per heavy atom. The van der Waals surface area contributed by atoms with E-state index in [2.05, 4.69) is 54.8 Å². The Kier molecular flexibility index (Phi) is 5.06. The SMILES string of the molecule is COc1ccc2c(c1)c1cc3c(-c4cccc(C)n4)nccc3c(C)c1n2CCN(C)C. The summed E-state index contributed by atoms with van der Waals surface area (Å²) in [4.78, 5) is 11.7. The molecule has 0 fully saturated rings. The molecule has 0 aliphatic rings. The number of fused-ring (bicyclic) bond motifs is 4. The lowest BCUT2D eigenvalue weighted by molar-refractivity contribution is 0.389. The van der Waals surface area contributed by atoms with E-state index in [-0.39, 0.29) is 0 Å². The molecule has 0 N–H and O–H groups in total. The van der Waals surface area contributed by atoms with E-state index >= 15 is 0 Å². The number of hydrogen-bond donors (Lipinski definition) is 0. The van der Waals surface area contributed by atoms with Crippen molar-refractivity contribution in [3.05, 3.63) is 66.0 Å². The highest BCUT2D eigenvalue weighted by Gasteiger charge is 2.18. The second-order valence-electron chi connectivity index (χ2n) is 8.65. The van der Waals surface area contributed by atoms with E-state index in [0.717, 1.165) is 41.3 Å². The van der Waals surface area contributed by atoms with Crippen LogP contribution in [0.1, 0.15) is 11.3 Å². The molecule has 0 amide bonds. The van der Waals surface area contributed by atoms with E-state index in [9.17, 15) is 0 Å². The first-order chi connectivity index (χ1) is 15.5. The molecule has 5 heteroatoms. The molecule has 3 aromatic heterocycles. The van der Waals surface area contributed by atoms with Gasteiger partial charge in [-0.1, -0.05) is 6.07 Å². The lowest BCUT2D eigenvalue weighted by Crippen LogP contribution is -2.18. The molecule has 0 radical (unpaired) electrons. The first-order valence-electron chi connectivity index (χ1n) is 10.9. The predicted octanol–water partition coefficient (Wildman–Crippen LogP) is 5.59. The quantitative estimate of drug-likeness (QED) is 0.369. The highest BCUT2D eigenvalue weighted by molar-refractivity contribution is 6.16. The fraction of sp³-hybridized carbons (Fsp3) is 0.259. The minimum Gasteiger partial charge on any atom is -0.497 e. The summed E-state index contributed by atoms with van der Waals surface area (Å²) in [5, 5.41) is 4.77. The van der Waals surface area contributed by atoms with Gasteiger partial charge in [-0.25, -0.2) is 0 Å². The molecule has 162 valence electrons. The summed E-state index contributed by atoms with van der Waals surface area (Å²) in [5.74, 6) is 0.869. The van der Waals surface area contributed by atoms with Crippen LogP contribution in [0.3, 0.4) is 0 Å². The molecule has 0 spiro atoms. The van der Waals surface area contributed by atoms with Crippen LogP contribution in [0, 0.1) is 13.8 Å². The van der Waals surface area contributed by atoms with Crippen LogP contribution in [0.2, 0.25) is 0 Å². The molecule has 0 saturated carbocycles. The Morgan fingerprint density at radius 3 is 2.53 bits per heavy atom. The van der Waals surface area contributed by atoms with Gasteiger partial charge in [-0.2, -0.15) is 0 Å². The zero-order valence-corrected chi connectivity index (χ0v) is 19.3. The van der Waals surface area contributed by atoms with Crippen molar-refractivity contribution in [3.8, 4) is 17.1 Å². The average Bonchev–Trinajstić information content (AvgIpc) is 3.10. The molecule has 5 rings (SSSR count). The number of methoxy groups -OCH3 is 1. The first-order valence-corrected chi connectivity index (χ1v) is 10.9. The van der Waals surface area contributed by atoms with Gasteiger partial charge in [0.2, 0.25) is 0 Å². The maximum absolute atomic E-state index is 5.56. The monoisotopic (exact) mass is 424 g/mol. The zero-order valence-electron chi connectivity index (χ0n) is 19.3. The van der Waals surface area contributed by atoms with Crippen LogP contribution in [0.25, 0.3) is 44.0 Å². The number of benzene rings is 2. The highest BCUT2D eigenvalue weighted by atomic mass is 16.5. The number of aryl methyl sites for hydroxylation is 2. The van der Waals surface area contributed by atoms with Gasteiger partial charge in [0.25, 0.3) is 0 Å². The lowest BCUT2D eigenvalue weighted by atomic mass is 9.99. The molecule has 3 heterocycles. The van der Waals surface area contributed by atoms with Gasteiger partial charge in [-0.3, -0.25) is 9.97 Å². The van der Waals surface area contributed by atoms with Gasteiger partial charge in [0.1, 0.15) is 5.75 Å². The molecule has 0 aliphatic heterocycles. The van der Waals surface area contributed by atoms with Crippen molar-refractivity contribution in [3.63, 3.8) is 0 Å². The van der Waals surface area contributed by atoms with Crippen LogP contribution in [-0.4, -0.2) is 47.2 Å². The predicted molar refractivity (Wildman–Crippen MR) is 133 cm³/mol. The second-order valence-corrected chi connectivity index (χ2v) is 8.65. The van der Waals surface area contributed by atoms with Crippen LogP contribution < -0.4 is 4.74 Å². The summed E-state index contributed by atoms with van der Waals surface area (Å²) in [6.45, 7) is 6.13. The molecule has 0 atom stereocenters. The number of ether oxygens (including phenoxy) is 1. The average molecular weight is 425 g/mol. The van der Waals surface area contributed by atoms with Crippen molar-refractivity contribution in [1.29, 1.82) is 0 Å². The maximum Gasteiger partial charge on any atom is 0.119 e. The number of pyridine rings is 2. The number of aromatic nitrogens is 3. The van der Waals surface area contributed by atoms with Gasteiger partial charge in [0.15, 0.2) is 0 Å². The minimum absolute atomic E-state index is 0.869. The topological polar surface area (TPSA) is 43.2 Å². The van der Waals surface area contributed by atoms with Crippen molar-refractivity contribution in [1.82, 2.24) is 19.4 Å². The normalized spacial score (nSPS) is 11.8. The highest BCUT2D eigenvalue weighted by Crippen LogP contribution is 2.39. The number of hydrogen-bond acceptors (Lipinski definition) is 4. The Morgan fingerprint density at radius 2 is 1.78 bits per heavy atom. The fourth-order valence-electron chi connectivity index (χ4n) is 4.67. The van der Waals surface area contributed by atoms with Crippen molar-refractivity contribution in [2.75, 3.05) is 27.7 Å². The molecule has 5 nitrogen and oxygen atoms in total. The molecule has 0 bridgehead atoms. The van der Waals surface area contributed by atoms with E-state index < -0.39 is 0 Å². The van der Waals surface area contributed by atoms with E-state index in [0.29, 0.717) is 0 Å². The third-order valence-corrected chi connectivity index (χ3v) is 6.25. The minimum atomic E-state index is 0.869. The zero-order chi connectivity index (χ0) is 22.4. The van der Waals surface area contributed by atoms with Gasteiger partial charge in [0.05, 0.1) is 24.0 Å². The molecule has 0 saturated heterocycles.